The summed E-state index contributed by atoms with van der Waals surface area (Å²) in [6.45, 7) is 8.68. The second-order valence-electron chi connectivity index (χ2n) is 6.06. The molecule has 8 heteroatoms. The van der Waals surface area contributed by atoms with Crippen molar-refractivity contribution < 1.29 is 9.47 Å². The summed E-state index contributed by atoms with van der Waals surface area (Å²) in [6.07, 6.45) is 1.79. The van der Waals surface area contributed by atoms with Crippen LogP contribution < -0.4 is 10.6 Å². The predicted octanol–water partition coefficient (Wildman–Crippen LogP) is 2.85. The van der Waals surface area contributed by atoms with E-state index in [0.29, 0.717) is 32.9 Å². The molecule has 0 aliphatic heterocycles. The average molecular weight is 501 g/mol. The lowest BCUT2D eigenvalue weighted by atomic mass is 10.1. The molecule has 2 N–H and O–H groups in total. The fraction of sp³-hybridized carbons (Fsp3) is 0.500. The fourth-order valence-electron chi connectivity index (χ4n) is 2.53. The standard InChI is InChI=1S/C20H31N5O2.HI/c1-4-21-20(23-15-19-9-10-24-25(19)3)22-14-17-7-6-8-18(13-17)16-27-12-11-26-5-2;/h6-10,13H,4-5,11-12,14-16H2,1-3H3,(H2,21,22,23);1H. The first-order valence-corrected chi connectivity index (χ1v) is 9.45. The number of guanidine groups is 1. The molecule has 0 fully saturated rings. The van der Waals surface area contributed by atoms with Crippen molar-refractivity contribution in [1.82, 2.24) is 20.4 Å². The Balaban J connectivity index is 0.00000392. The van der Waals surface area contributed by atoms with Gasteiger partial charge >= 0.3 is 0 Å². The molecule has 0 aliphatic rings. The fourth-order valence-corrected chi connectivity index (χ4v) is 2.53. The smallest absolute Gasteiger partial charge is 0.191 e. The number of benzene rings is 1. The third kappa shape index (κ3) is 9.03. The molecule has 1 aromatic carbocycles. The number of hydrogen-bond donors (Lipinski definition) is 2. The van der Waals surface area contributed by atoms with Gasteiger partial charge in [-0.25, -0.2) is 4.99 Å². The minimum atomic E-state index is 0. The zero-order valence-corrected chi connectivity index (χ0v) is 19.3. The van der Waals surface area contributed by atoms with Gasteiger partial charge in [0.05, 0.1) is 38.6 Å². The van der Waals surface area contributed by atoms with Crippen LogP contribution in [0.15, 0.2) is 41.5 Å². The van der Waals surface area contributed by atoms with Crippen molar-refractivity contribution in [1.29, 1.82) is 0 Å². The monoisotopic (exact) mass is 501 g/mol. The van der Waals surface area contributed by atoms with Gasteiger partial charge in [-0.05, 0) is 31.0 Å². The third-order valence-corrected chi connectivity index (χ3v) is 3.96. The van der Waals surface area contributed by atoms with Crippen molar-refractivity contribution in [2.75, 3.05) is 26.4 Å². The van der Waals surface area contributed by atoms with Gasteiger partial charge in [-0.15, -0.1) is 24.0 Å². The van der Waals surface area contributed by atoms with Gasteiger partial charge < -0.3 is 20.1 Å². The van der Waals surface area contributed by atoms with E-state index in [1.807, 2.05) is 30.8 Å². The first-order valence-electron chi connectivity index (χ1n) is 9.45. The van der Waals surface area contributed by atoms with Gasteiger partial charge in [0.1, 0.15) is 0 Å². The van der Waals surface area contributed by atoms with Gasteiger partial charge in [-0.2, -0.15) is 5.10 Å². The van der Waals surface area contributed by atoms with Gasteiger partial charge in [-0.3, -0.25) is 4.68 Å². The van der Waals surface area contributed by atoms with E-state index < -0.39 is 0 Å². The Morgan fingerprint density at radius 3 is 2.61 bits per heavy atom. The Kier molecular flexibility index (Phi) is 12.5. The Labute approximate surface area is 184 Å². The molecule has 28 heavy (non-hydrogen) atoms. The van der Waals surface area contributed by atoms with Crippen molar-refractivity contribution in [2.45, 2.75) is 33.5 Å². The Hall–Kier alpha value is -1.65. The molecule has 0 amide bonds. The number of rotatable bonds is 11. The molecular formula is C20H32IN5O2. The normalized spacial score (nSPS) is 11.2. The van der Waals surface area contributed by atoms with Gasteiger partial charge in [0.15, 0.2) is 5.96 Å². The quantitative estimate of drug-likeness (QED) is 0.215. The lowest BCUT2D eigenvalue weighted by molar-refractivity contribution is 0.0453. The SMILES string of the molecule is CCNC(=NCc1cccc(COCCOCC)c1)NCc1ccnn1C.I. The van der Waals surface area contributed by atoms with Gasteiger partial charge in [0.25, 0.3) is 0 Å². The lowest BCUT2D eigenvalue weighted by Crippen LogP contribution is -2.37. The van der Waals surface area contributed by atoms with Crippen LogP contribution in [0.5, 0.6) is 0 Å². The summed E-state index contributed by atoms with van der Waals surface area (Å²) in [5, 5.41) is 10.8. The van der Waals surface area contributed by atoms with E-state index >= 15 is 0 Å². The zero-order valence-electron chi connectivity index (χ0n) is 17.0. The van der Waals surface area contributed by atoms with Crippen LogP contribution >= 0.6 is 24.0 Å². The maximum absolute atomic E-state index is 5.64. The molecule has 1 aromatic heterocycles. The van der Waals surface area contributed by atoms with Gasteiger partial charge in [0, 0.05) is 26.4 Å². The van der Waals surface area contributed by atoms with E-state index in [-0.39, 0.29) is 24.0 Å². The van der Waals surface area contributed by atoms with E-state index in [9.17, 15) is 0 Å². The number of halogens is 1. The van der Waals surface area contributed by atoms with Crippen molar-refractivity contribution in [3.05, 3.63) is 53.3 Å². The minimum absolute atomic E-state index is 0. The molecular weight excluding hydrogens is 469 g/mol. The van der Waals surface area contributed by atoms with Crippen LogP contribution in [0.1, 0.15) is 30.7 Å². The van der Waals surface area contributed by atoms with E-state index in [1.165, 1.54) is 0 Å². The zero-order chi connectivity index (χ0) is 19.3. The van der Waals surface area contributed by atoms with Gasteiger partial charge in [-0.1, -0.05) is 24.3 Å². The number of aliphatic imine (C=N–C) groups is 1. The van der Waals surface area contributed by atoms with E-state index in [2.05, 4.69) is 45.8 Å². The third-order valence-electron chi connectivity index (χ3n) is 3.96. The van der Waals surface area contributed by atoms with Crippen molar-refractivity contribution >= 4 is 29.9 Å². The molecule has 0 aliphatic carbocycles. The minimum Gasteiger partial charge on any atom is -0.379 e. The largest absolute Gasteiger partial charge is 0.379 e. The molecule has 2 rings (SSSR count). The maximum Gasteiger partial charge on any atom is 0.191 e. The molecule has 2 aromatic rings. The maximum atomic E-state index is 5.64. The summed E-state index contributed by atoms with van der Waals surface area (Å²) < 4.78 is 12.8. The number of ether oxygens (including phenoxy) is 2. The molecule has 156 valence electrons. The summed E-state index contributed by atoms with van der Waals surface area (Å²) in [5.74, 6) is 0.789. The van der Waals surface area contributed by atoms with Crippen LogP contribution in [0.3, 0.4) is 0 Å². The van der Waals surface area contributed by atoms with Crippen LogP contribution in [-0.4, -0.2) is 42.1 Å². The predicted molar refractivity (Wildman–Crippen MR) is 123 cm³/mol. The molecule has 0 spiro atoms. The number of nitrogens with one attached hydrogen (secondary N) is 2. The van der Waals surface area contributed by atoms with Crippen molar-refractivity contribution in [2.24, 2.45) is 12.0 Å². The topological polar surface area (TPSA) is 72.7 Å². The summed E-state index contributed by atoms with van der Waals surface area (Å²) in [7, 11) is 1.93. The van der Waals surface area contributed by atoms with E-state index in [1.54, 1.807) is 6.20 Å². The highest BCUT2D eigenvalue weighted by molar-refractivity contribution is 14.0. The Bertz CT molecular complexity index is 705. The van der Waals surface area contributed by atoms with Crippen molar-refractivity contribution in [3.8, 4) is 0 Å². The van der Waals surface area contributed by atoms with Crippen LogP contribution in [-0.2, 0) is 36.2 Å². The molecule has 0 unspecified atom stereocenters. The highest BCUT2D eigenvalue weighted by Crippen LogP contribution is 2.08. The van der Waals surface area contributed by atoms with Crippen LogP contribution in [0.25, 0.3) is 0 Å². The number of aromatic nitrogens is 2. The molecule has 0 saturated carbocycles. The average Bonchev–Trinajstić information content (AvgIpc) is 3.09. The summed E-state index contributed by atoms with van der Waals surface area (Å²) in [4.78, 5) is 4.68. The van der Waals surface area contributed by atoms with Crippen LogP contribution in [0.4, 0.5) is 0 Å². The number of aryl methyl sites for hydroxylation is 1. The first kappa shape index (κ1) is 24.4. The molecule has 7 nitrogen and oxygen atoms in total. The molecule has 0 radical (unpaired) electrons. The first-order chi connectivity index (χ1) is 13.2. The summed E-state index contributed by atoms with van der Waals surface area (Å²) in [5.41, 5.74) is 3.40. The number of nitrogens with zero attached hydrogens (tertiary/aromatic N) is 3. The van der Waals surface area contributed by atoms with Crippen LogP contribution in [0, 0.1) is 0 Å². The highest BCUT2D eigenvalue weighted by atomic mass is 127. The molecule has 1 heterocycles. The summed E-state index contributed by atoms with van der Waals surface area (Å²) >= 11 is 0. The summed E-state index contributed by atoms with van der Waals surface area (Å²) in [6, 6.07) is 10.3. The van der Waals surface area contributed by atoms with E-state index in [4.69, 9.17) is 9.47 Å². The Morgan fingerprint density at radius 2 is 1.89 bits per heavy atom. The van der Waals surface area contributed by atoms with Crippen molar-refractivity contribution in [3.63, 3.8) is 0 Å². The highest BCUT2D eigenvalue weighted by Gasteiger charge is 2.02. The lowest BCUT2D eigenvalue weighted by Gasteiger charge is -2.12. The van der Waals surface area contributed by atoms with Crippen LogP contribution in [0.2, 0.25) is 0 Å². The Morgan fingerprint density at radius 1 is 1.11 bits per heavy atom. The second-order valence-corrected chi connectivity index (χ2v) is 6.06. The number of hydrogen-bond acceptors (Lipinski definition) is 4. The van der Waals surface area contributed by atoms with E-state index in [0.717, 1.165) is 35.9 Å². The van der Waals surface area contributed by atoms with Gasteiger partial charge in [0.2, 0.25) is 0 Å². The second kappa shape index (κ2) is 14.4. The molecule has 0 bridgehead atoms. The molecule has 0 saturated heterocycles. The molecule has 0 atom stereocenters.